The molecular weight excluding hydrogens is 322 g/mol. The van der Waals surface area contributed by atoms with Crippen LogP contribution in [0.1, 0.15) is 39.3 Å². The van der Waals surface area contributed by atoms with Gasteiger partial charge in [0.1, 0.15) is 16.8 Å². The minimum absolute atomic E-state index is 0.0263. The van der Waals surface area contributed by atoms with Crippen molar-refractivity contribution in [2.24, 2.45) is 0 Å². The van der Waals surface area contributed by atoms with Gasteiger partial charge >= 0.3 is 0 Å². The monoisotopic (exact) mass is 337 g/mol. The van der Waals surface area contributed by atoms with E-state index in [-0.39, 0.29) is 5.78 Å². The molecule has 5 nitrogen and oxygen atoms in total. The van der Waals surface area contributed by atoms with Crippen molar-refractivity contribution in [3.63, 3.8) is 0 Å². The van der Waals surface area contributed by atoms with E-state index in [4.69, 9.17) is 4.42 Å². The van der Waals surface area contributed by atoms with E-state index in [0.29, 0.717) is 21.9 Å². The number of carbonyl (C=O) groups excluding carboxylic acids is 1. The molecule has 3 heterocycles. The van der Waals surface area contributed by atoms with Crippen molar-refractivity contribution >= 4 is 28.8 Å². The fourth-order valence-corrected chi connectivity index (χ4v) is 3.48. The molecule has 0 radical (unpaired) electrons. The van der Waals surface area contributed by atoms with Crippen LogP contribution in [0.25, 0.3) is 23.0 Å². The molecule has 0 atom stereocenters. The van der Waals surface area contributed by atoms with Gasteiger partial charge in [-0.2, -0.15) is 5.26 Å². The van der Waals surface area contributed by atoms with Gasteiger partial charge in [0.05, 0.1) is 23.2 Å². The van der Waals surface area contributed by atoms with Crippen LogP contribution >= 0.6 is 11.3 Å². The van der Waals surface area contributed by atoms with Crippen molar-refractivity contribution in [2.45, 2.75) is 20.8 Å². The second-order valence-corrected chi connectivity index (χ2v) is 6.26. The molecule has 3 rings (SSSR count). The topological polar surface area (TPSA) is 82.7 Å². The Hall–Kier alpha value is -2.91. The smallest absolute Gasteiger partial charge is 0.161 e. The molecule has 0 spiro atoms. The predicted molar refractivity (Wildman–Crippen MR) is 93.6 cm³/mol. The van der Waals surface area contributed by atoms with E-state index in [0.717, 1.165) is 22.6 Å². The molecule has 0 aliphatic heterocycles. The summed E-state index contributed by atoms with van der Waals surface area (Å²) in [6.45, 7) is 5.33. The van der Waals surface area contributed by atoms with Crippen molar-refractivity contribution < 1.29 is 9.21 Å². The minimum atomic E-state index is 0.0263. The van der Waals surface area contributed by atoms with Gasteiger partial charge in [0.25, 0.3) is 0 Å². The summed E-state index contributed by atoms with van der Waals surface area (Å²) in [6.07, 6.45) is 3.22. The number of hydrogen-bond acceptors (Lipinski definition) is 5. The Bertz CT molecular complexity index is 969. The van der Waals surface area contributed by atoms with E-state index in [2.05, 4.69) is 16.0 Å². The molecule has 6 heteroatoms. The molecule has 3 aromatic rings. The molecule has 1 N–H and O–H groups in total. The fraction of sp³-hybridized carbons (Fsp3) is 0.167. The Morgan fingerprint density at radius 2 is 2.25 bits per heavy atom. The summed E-state index contributed by atoms with van der Waals surface area (Å²) in [5.74, 6) is 0.632. The minimum Gasteiger partial charge on any atom is -0.465 e. The van der Waals surface area contributed by atoms with Gasteiger partial charge in [-0.25, -0.2) is 4.98 Å². The van der Waals surface area contributed by atoms with Crippen LogP contribution in [0.5, 0.6) is 0 Å². The maximum Gasteiger partial charge on any atom is 0.161 e. The number of aryl methyl sites for hydroxylation is 1. The summed E-state index contributed by atoms with van der Waals surface area (Å²) in [5.41, 5.74) is 4.39. The molecule has 0 bridgehead atoms. The average molecular weight is 337 g/mol. The fourth-order valence-electron chi connectivity index (χ4n) is 2.70. The van der Waals surface area contributed by atoms with Crippen LogP contribution in [0, 0.1) is 25.2 Å². The number of rotatable bonds is 4. The average Bonchev–Trinajstić information content (AvgIpc) is 3.25. The Morgan fingerprint density at radius 1 is 1.46 bits per heavy atom. The van der Waals surface area contributed by atoms with Gasteiger partial charge in [0, 0.05) is 22.7 Å². The first-order valence-corrected chi connectivity index (χ1v) is 8.21. The number of thiazole rings is 1. The first kappa shape index (κ1) is 16.0. The molecule has 24 heavy (non-hydrogen) atoms. The molecule has 0 fully saturated rings. The summed E-state index contributed by atoms with van der Waals surface area (Å²) in [5, 5.41) is 11.9. The zero-order valence-electron chi connectivity index (χ0n) is 13.5. The van der Waals surface area contributed by atoms with Crippen LogP contribution < -0.4 is 0 Å². The molecule has 0 saturated carbocycles. The highest BCUT2D eigenvalue weighted by Crippen LogP contribution is 2.31. The summed E-state index contributed by atoms with van der Waals surface area (Å²) in [6, 6.07) is 5.70. The number of aromatic nitrogens is 2. The highest BCUT2D eigenvalue weighted by Gasteiger charge is 2.18. The third-order valence-electron chi connectivity index (χ3n) is 3.73. The van der Waals surface area contributed by atoms with Crippen LogP contribution in [0.2, 0.25) is 0 Å². The SMILES string of the molecule is CC(=O)c1c(C)[nH]c(-c2csc(/C(C#N)=C\c3ccco3)n2)c1C. The van der Waals surface area contributed by atoms with E-state index >= 15 is 0 Å². The highest BCUT2D eigenvalue weighted by molar-refractivity contribution is 7.11. The lowest BCUT2D eigenvalue weighted by atomic mass is 10.1. The van der Waals surface area contributed by atoms with Crippen LogP contribution in [-0.4, -0.2) is 15.8 Å². The van der Waals surface area contributed by atoms with E-state index in [1.54, 1.807) is 31.4 Å². The summed E-state index contributed by atoms with van der Waals surface area (Å²) in [4.78, 5) is 19.5. The number of nitrogens with zero attached hydrogens (tertiary/aromatic N) is 2. The number of aromatic amines is 1. The lowest BCUT2D eigenvalue weighted by molar-refractivity contribution is 0.101. The van der Waals surface area contributed by atoms with E-state index in [1.165, 1.54) is 11.3 Å². The number of furan rings is 1. The predicted octanol–water partition coefficient (Wildman–Crippen LogP) is 4.61. The van der Waals surface area contributed by atoms with E-state index in [1.807, 2.05) is 19.2 Å². The molecule has 0 saturated heterocycles. The first-order chi connectivity index (χ1) is 11.5. The number of ketones is 1. The molecule has 0 aromatic carbocycles. The second-order valence-electron chi connectivity index (χ2n) is 5.40. The number of hydrogen-bond donors (Lipinski definition) is 1. The Balaban J connectivity index is 2.01. The zero-order chi connectivity index (χ0) is 17.3. The number of carbonyl (C=O) groups is 1. The Labute approximate surface area is 143 Å². The summed E-state index contributed by atoms with van der Waals surface area (Å²) in [7, 11) is 0. The van der Waals surface area contributed by atoms with Gasteiger partial charge in [0.15, 0.2) is 5.78 Å². The highest BCUT2D eigenvalue weighted by atomic mass is 32.1. The van der Waals surface area contributed by atoms with Crippen LogP contribution in [0.3, 0.4) is 0 Å². The Kier molecular flexibility index (Phi) is 4.19. The standard InChI is InChI=1S/C18H15N3O2S/c1-10-16(12(3)22)11(2)20-17(10)15-9-24-18(21-15)13(8-19)7-14-5-4-6-23-14/h4-7,9,20H,1-3H3/b13-7-. The van der Waals surface area contributed by atoms with Gasteiger partial charge in [-0.1, -0.05) is 0 Å². The summed E-state index contributed by atoms with van der Waals surface area (Å²) >= 11 is 1.38. The van der Waals surface area contributed by atoms with Gasteiger partial charge in [-0.15, -0.1) is 11.3 Å². The van der Waals surface area contributed by atoms with E-state index < -0.39 is 0 Å². The third kappa shape index (κ3) is 2.82. The van der Waals surface area contributed by atoms with Crippen molar-refractivity contribution in [2.75, 3.05) is 0 Å². The van der Waals surface area contributed by atoms with Crippen molar-refractivity contribution in [1.29, 1.82) is 5.26 Å². The molecule has 120 valence electrons. The van der Waals surface area contributed by atoms with Crippen molar-refractivity contribution in [3.8, 4) is 17.5 Å². The second kappa shape index (κ2) is 6.30. The maximum atomic E-state index is 11.8. The zero-order valence-corrected chi connectivity index (χ0v) is 14.3. The lowest BCUT2D eigenvalue weighted by Gasteiger charge is -1.97. The van der Waals surface area contributed by atoms with Crippen LogP contribution in [-0.2, 0) is 0 Å². The Morgan fingerprint density at radius 3 is 2.83 bits per heavy atom. The quantitative estimate of drug-likeness (QED) is 0.556. The molecule has 0 amide bonds. The first-order valence-electron chi connectivity index (χ1n) is 7.33. The normalized spacial score (nSPS) is 11.5. The van der Waals surface area contributed by atoms with Gasteiger partial charge in [-0.3, -0.25) is 4.79 Å². The number of H-pyrrole nitrogens is 1. The van der Waals surface area contributed by atoms with Crippen LogP contribution in [0.4, 0.5) is 0 Å². The molecule has 0 unspecified atom stereocenters. The van der Waals surface area contributed by atoms with Gasteiger partial charge < -0.3 is 9.40 Å². The van der Waals surface area contributed by atoms with Gasteiger partial charge in [-0.05, 0) is 38.5 Å². The van der Waals surface area contributed by atoms with Gasteiger partial charge in [0.2, 0.25) is 0 Å². The largest absolute Gasteiger partial charge is 0.465 e. The maximum absolute atomic E-state index is 11.8. The van der Waals surface area contributed by atoms with Crippen LogP contribution in [0.15, 0.2) is 28.2 Å². The van der Waals surface area contributed by atoms with Crippen molar-refractivity contribution in [1.82, 2.24) is 9.97 Å². The number of Topliss-reactive ketones (excluding diaryl/α,β-unsaturated/α-hetero) is 1. The molecule has 0 aliphatic carbocycles. The summed E-state index contributed by atoms with van der Waals surface area (Å²) < 4.78 is 5.25. The lowest BCUT2D eigenvalue weighted by Crippen LogP contribution is -1.94. The van der Waals surface area contributed by atoms with E-state index in [9.17, 15) is 10.1 Å². The van der Waals surface area contributed by atoms with Crippen molar-refractivity contribution in [3.05, 3.63) is 51.4 Å². The third-order valence-corrected chi connectivity index (χ3v) is 4.61. The number of allylic oxidation sites excluding steroid dienone is 1. The molecule has 3 aromatic heterocycles. The molecular formula is C18H15N3O2S. The molecule has 0 aliphatic rings. The number of nitrogens with one attached hydrogen (secondary N) is 1. The number of nitriles is 1.